The van der Waals surface area contributed by atoms with Crippen LogP contribution in [0.2, 0.25) is 0 Å². The molecule has 0 unspecified atom stereocenters. The Morgan fingerprint density at radius 1 is 0.759 bits per heavy atom. The first-order chi connectivity index (χ1) is 12.2. The van der Waals surface area contributed by atoms with Gasteiger partial charge in [-0.25, -0.2) is 16.8 Å². The van der Waals surface area contributed by atoms with Crippen molar-refractivity contribution in [2.75, 3.05) is 11.5 Å². The van der Waals surface area contributed by atoms with Gasteiger partial charge in [0.2, 0.25) is 0 Å². The van der Waals surface area contributed by atoms with Gasteiger partial charge in [0.25, 0.3) is 0 Å². The van der Waals surface area contributed by atoms with Crippen molar-refractivity contribution in [1.82, 2.24) is 0 Å². The van der Waals surface area contributed by atoms with Crippen LogP contribution in [0, 0.1) is 0 Å². The van der Waals surface area contributed by atoms with Gasteiger partial charge in [-0.3, -0.25) is 9.59 Å². The van der Waals surface area contributed by atoms with Crippen LogP contribution in [0.1, 0.15) is 31.8 Å². The molecule has 1 aliphatic rings. The van der Waals surface area contributed by atoms with Crippen LogP contribution in [-0.4, -0.2) is 42.6 Å². The fourth-order valence-corrected chi connectivity index (χ4v) is 3.94. The molecule has 0 spiro atoms. The Bertz CT molecular complexity index is 1290. The summed E-state index contributed by atoms with van der Waals surface area (Å²) in [5, 5.41) is 10.1. The summed E-state index contributed by atoms with van der Waals surface area (Å²) in [5.41, 5.74) is 7.49. The van der Waals surface area contributed by atoms with Gasteiger partial charge in [0.15, 0.2) is 11.6 Å². The number of carbonyl (C=O) groups is 2. The Morgan fingerprint density at radius 2 is 1.28 bits per heavy atom. The number of aromatic hydroxyl groups is 1. The smallest absolute Gasteiger partial charge is 0.744 e. The van der Waals surface area contributed by atoms with E-state index >= 15 is 0 Å². The summed E-state index contributed by atoms with van der Waals surface area (Å²) in [5.74, 6) is -3.56. The van der Waals surface area contributed by atoms with Crippen molar-refractivity contribution in [3.63, 3.8) is 0 Å². The SMILES string of the molecule is Nc1cc(S(=O)(=O)[O-])cc2c1C(=O)c1c(N)cc(S(=O)(=O)[O-])c(O)c1C2=O.[Na+].[Na+]. The molecule has 11 nitrogen and oxygen atoms in total. The molecule has 0 fully saturated rings. The van der Waals surface area contributed by atoms with Crippen LogP contribution in [0.3, 0.4) is 0 Å². The van der Waals surface area contributed by atoms with Crippen LogP contribution < -0.4 is 70.6 Å². The van der Waals surface area contributed by atoms with E-state index in [0.29, 0.717) is 18.2 Å². The second-order valence-electron chi connectivity index (χ2n) is 5.56. The Balaban J connectivity index is 0.00000210. The first kappa shape index (κ1) is 26.0. The van der Waals surface area contributed by atoms with E-state index in [1.165, 1.54) is 0 Å². The molecule has 2 aromatic carbocycles. The van der Waals surface area contributed by atoms with Gasteiger partial charge < -0.3 is 25.7 Å². The molecule has 0 amide bonds. The summed E-state index contributed by atoms with van der Waals surface area (Å²) in [4.78, 5) is 23.3. The number of nitrogens with two attached hydrogens (primary N) is 2. The molecule has 0 radical (unpaired) electrons. The standard InChI is InChI=1S/C14H10N2O9S2.2Na/c15-6-2-4(26(20,21)22)1-5-9(6)14(19)10-7(16)3-8(27(23,24)25)13(18)11(10)12(5)17;;/h1-3,18H,15-16H2,(H,20,21,22)(H,23,24,25);;/q;2*+1/p-2. The maximum Gasteiger partial charge on any atom is 1.00 e. The van der Waals surface area contributed by atoms with Gasteiger partial charge in [0, 0.05) is 16.9 Å². The van der Waals surface area contributed by atoms with Crippen molar-refractivity contribution in [2.45, 2.75) is 9.79 Å². The maximum absolute atomic E-state index is 12.7. The molecule has 2 aromatic rings. The summed E-state index contributed by atoms with van der Waals surface area (Å²) >= 11 is 0. The third-order valence-electron chi connectivity index (χ3n) is 3.92. The quantitative estimate of drug-likeness (QED) is 0.142. The molecule has 0 bridgehead atoms. The van der Waals surface area contributed by atoms with Gasteiger partial charge in [-0.05, 0) is 18.2 Å². The molecule has 1 aliphatic carbocycles. The van der Waals surface area contributed by atoms with Crippen LogP contribution in [0.25, 0.3) is 0 Å². The fraction of sp³-hybridized carbons (Fsp3) is 0. The van der Waals surface area contributed by atoms with E-state index in [4.69, 9.17) is 11.5 Å². The van der Waals surface area contributed by atoms with E-state index in [-0.39, 0.29) is 59.1 Å². The summed E-state index contributed by atoms with van der Waals surface area (Å²) in [7, 11) is -10.3. The van der Waals surface area contributed by atoms with Crippen molar-refractivity contribution in [3.05, 3.63) is 40.5 Å². The summed E-state index contributed by atoms with van der Waals surface area (Å²) in [6.07, 6.45) is 0. The predicted molar refractivity (Wildman–Crippen MR) is 86.2 cm³/mol. The summed E-state index contributed by atoms with van der Waals surface area (Å²) < 4.78 is 67.4. The Kier molecular flexibility index (Phi) is 7.42. The topological polar surface area (TPSA) is 221 Å². The fourth-order valence-electron chi connectivity index (χ4n) is 2.80. The van der Waals surface area contributed by atoms with Gasteiger partial charge in [-0.15, -0.1) is 0 Å². The molecule has 0 saturated heterocycles. The van der Waals surface area contributed by atoms with E-state index < -0.39 is 81.0 Å². The minimum Gasteiger partial charge on any atom is -0.744 e. The number of hydrogen-bond acceptors (Lipinski definition) is 11. The average Bonchev–Trinajstić information content (AvgIpc) is 2.51. The predicted octanol–water partition coefficient (Wildman–Crippen LogP) is -6.85. The number of benzene rings is 2. The van der Waals surface area contributed by atoms with Crippen molar-refractivity contribution in [3.8, 4) is 5.75 Å². The third-order valence-corrected chi connectivity index (χ3v) is 5.58. The number of fused-ring (bicyclic) bond motifs is 2. The number of rotatable bonds is 2. The van der Waals surface area contributed by atoms with Gasteiger partial charge in [-0.1, -0.05) is 0 Å². The normalized spacial score (nSPS) is 13.0. The molecule has 0 heterocycles. The van der Waals surface area contributed by atoms with Crippen LogP contribution in [0.15, 0.2) is 28.0 Å². The molecule has 29 heavy (non-hydrogen) atoms. The number of phenols is 1. The zero-order valence-corrected chi connectivity index (χ0v) is 20.5. The van der Waals surface area contributed by atoms with E-state index in [9.17, 15) is 40.6 Å². The minimum absolute atomic E-state index is 0. The number of nitrogen functional groups attached to an aromatic ring is 2. The zero-order valence-electron chi connectivity index (χ0n) is 14.9. The van der Waals surface area contributed by atoms with Crippen molar-refractivity contribution in [2.24, 2.45) is 0 Å². The second kappa shape index (κ2) is 8.26. The molecule has 3 rings (SSSR count). The van der Waals surface area contributed by atoms with Gasteiger partial charge >= 0.3 is 59.1 Å². The number of phenolic OH excluding ortho intramolecular Hbond substituents is 1. The molecular formula is C14H8N2Na2O9S2. The average molecular weight is 458 g/mol. The monoisotopic (exact) mass is 458 g/mol. The molecule has 0 saturated carbocycles. The minimum atomic E-state index is -5.26. The van der Waals surface area contributed by atoms with Crippen LogP contribution in [0.4, 0.5) is 11.4 Å². The molecular weight excluding hydrogens is 450 g/mol. The second-order valence-corrected chi connectivity index (χ2v) is 8.29. The van der Waals surface area contributed by atoms with Crippen molar-refractivity contribution >= 4 is 43.2 Å². The van der Waals surface area contributed by atoms with E-state index in [0.717, 1.165) is 0 Å². The van der Waals surface area contributed by atoms with Gasteiger partial charge in [0.05, 0.1) is 26.5 Å². The Morgan fingerprint density at radius 3 is 1.76 bits per heavy atom. The number of carbonyl (C=O) groups excluding carboxylic acids is 2. The zero-order chi connectivity index (χ0) is 20.5. The molecule has 142 valence electrons. The van der Waals surface area contributed by atoms with E-state index in [1.54, 1.807) is 0 Å². The first-order valence-electron chi connectivity index (χ1n) is 6.85. The summed E-state index contributed by atoms with van der Waals surface area (Å²) in [6, 6.07) is 1.79. The van der Waals surface area contributed by atoms with Crippen LogP contribution >= 0.6 is 0 Å². The van der Waals surface area contributed by atoms with Gasteiger partial charge in [-0.2, -0.15) is 0 Å². The van der Waals surface area contributed by atoms with E-state index in [2.05, 4.69) is 0 Å². The number of anilines is 2. The van der Waals surface area contributed by atoms with Crippen LogP contribution in [-0.2, 0) is 20.2 Å². The molecule has 0 atom stereocenters. The van der Waals surface area contributed by atoms with Crippen molar-refractivity contribution < 1.29 is 99.8 Å². The third kappa shape index (κ3) is 4.25. The largest absolute Gasteiger partial charge is 1.00 e. The molecule has 5 N–H and O–H groups in total. The Hall–Kier alpha value is -1.00. The number of hydrogen-bond donors (Lipinski definition) is 3. The number of ketones is 2. The molecule has 0 aliphatic heterocycles. The van der Waals surface area contributed by atoms with Crippen LogP contribution in [0.5, 0.6) is 5.75 Å². The van der Waals surface area contributed by atoms with Gasteiger partial charge in [0.1, 0.15) is 26.0 Å². The Labute approximate surface area is 208 Å². The van der Waals surface area contributed by atoms with E-state index in [1.807, 2.05) is 0 Å². The first-order valence-corrected chi connectivity index (χ1v) is 9.67. The van der Waals surface area contributed by atoms with Crippen molar-refractivity contribution in [1.29, 1.82) is 0 Å². The summed E-state index contributed by atoms with van der Waals surface area (Å²) in [6.45, 7) is 0. The maximum atomic E-state index is 12.7. The molecule has 15 heteroatoms. The molecule has 0 aromatic heterocycles.